The highest BCUT2D eigenvalue weighted by molar-refractivity contribution is 6.07. The Balaban J connectivity index is 0.00000240. The summed E-state index contributed by atoms with van der Waals surface area (Å²) in [5, 5.41) is 7.97. The molecule has 1 N–H and O–H groups in total. The highest BCUT2D eigenvalue weighted by atomic mass is 35.5. The maximum atomic E-state index is 13.4. The topological polar surface area (TPSA) is 84.4 Å². The maximum absolute atomic E-state index is 13.4. The number of piperidine rings is 1. The molecule has 4 heterocycles. The highest BCUT2D eigenvalue weighted by Crippen LogP contribution is 2.31. The number of pyridine rings is 1. The molecule has 0 saturated carbocycles. The first kappa shape index (κ1) is 21.3. The van der Waals surface area contributed by atoms with Gasteiger partial charge in [-0.3, -0.25) is 4.79 Å². The molecular weight excluding hydrogens is 392 g/mol. The minimum absolute atomic E-state index is 0. The zero-order chi connectivity index (χ0) is 19.8. The molecule has 0 spiro atoms. The Morgan fingerprint density at radius 2 is 1.97 bits per heavy atom. The van der Waals surface area contributed by atoms with Crippen molar-refractivity contribution in [1.29, 1.82) is 0 Å². The monoisotopic (exact) mass is 418 g/mol. The lowest BCUT2D eigenvalue weighted by Crippen LogP contribution is -2.40. The molecule has 1 aliphatic rings. The summed E-state index contributed by atoms with van der Waals surface area (Å²) in [6.07, 6.45) is 2.02. The molecule has 3 aromatic heterocycles. The van der Waals surface area contributed by atoms with E-state index in [9.17, 15) is 4.79 Å². The van der Waals surface area contributed by atoms with Crippen molar-refractivity contribution < 1.29 is 13.7 Å². The van der Waals surface area contributed by atoms with Crippen molar-refractivity contribution >= 4 is 29.4 Å². The quantitative estimate of drug-likeness (QED) is 0.691. The molecule has 1 saturated heterocycles. The number of aromatic nitrogens is 2. The molecule has 0 aliphatic carbocycles. The van der Waals surface area contributed by atoms with Crippen LogP contribution in [0.25, 0.3) is 22.4 Å². The fourth-order valence-corrected chi connectivity index (χ4v) is 4.09. The lowest BCUT2D eigenvalue weighted by molar-refractivity contribution is 0.0693. The lowest BCUT2D eigenvalue weighted by atomic mass is 9.96. The zero-order valence-corrected chi connectivity index (χ0v) is 18.1. The summed E-state index contributed by atoms with van der Waals surface area (Å²) in [4.78, 5) is 19.9. The first-order valence-electron chi connectivity index (χ1n) is 9.76. The predicted molar refractivity (Wildman–Crippen MR) is 114 cm³/mol. The van der Waals surface area contributed by atoms with E-state index in [1.54, 1.807) is 0 Å². The SMILES string of the molecule is CNCC1CCN(C(=O)c2cc(-c3cc(C)oc3C)nc3onc(C)c23)CC1.Cl. The summed E-state index contributed by atoms with van der Waals surface area (Å²) in [7, 11) is 1.97. The van der Waals surface area contributed by atoms with Crippen LogP contribution < -0.4 is 5.32 Å². The summed E-state index contributed by atoms with van der Waals surface area (Å²) in [5.74, 6) is 2.21. The second-order valence-corrected chi connectivity index (χ2v) is 7.62. The summed E-state index contributed by atoms with van der Waals surface area (Å²) < 4.78 is 11.1. The van der Waals surface area contributed by atoms with Crippen LogP contribution in [-0.2, 0) is 0 Å². The van der Waals surface area contributed by atoms with Crippen LogP contribution >= 0.6 is 12.4 Å². The van der Waals surface area contributed by atoms with Crippen LogP contribution in [-0.4, -0.2) is 47.6 Å². The van der Waals surface area contributed by atoms with E-state index in [1.165, 1.54) is 0 Å². The van der Waals surface area contributed by atoms with Gasteiger partial charge in [0.05, 0.1) is 22.3 Å². The zero-order valence-electron chi connectivity index (χ0n) is 17.2. The Labute approximate surface area is 176 Å². The molecule has 156 valence electrons. The number of hydrogen-bond donors (Lipinski definition) is 1. The number of nitrogens with one attached hydrogen (secondary N) is 1. The Kier molecular flexibility index (Phi) is 6.29. The van der Waals surface area contributed by atoms with Crippen molar-refractivity contribution in [3.63, 3.8) is 0 Å². The molecule has 0 aromatic carbocycles. The highest BCUT2D eigenvalue weighted by Gasteiger charge is 2.27. The van der Waals surface area contributed by atoms with E-state index < -0.39 is 0 Å². The summed E-state index contributed by atoms with van der Waals surface area (Å²) in [5.41, 5.74) is 3.22. The predicted octanol–water partition coefficient (Wildman–Crippen LogP) is 3.90. The van der Waals surface area contributed by atoms with Gasteiger partial charge in [-0.05, 0) is 65.3 Å². The fourth-order valence-electron chi connectivity index (χ4n) is 4.09. The van der Waals surface area contributed by atoms with Gasteiger partial charge in [-0.1, -0.05) is 5.16 Å². The number of carbonyl (C=O) groups excluding carboxylic acids is 1. The van der Waals surface area contributed by atoms with E-state index in [2.05, 4.69) is 15.5 Å². The van der Waals surface area contributed by atoms with E-state index >= 15 is 0 Å². The van der Waals surface area contributed by atoms with Gasteiger partial charge in [-0.25, -0.2) is 4.98 Å². The Bertz CT molecular complexity index is 1020. The number of amides is 1. The van der Waals surface area contributed by atoms with Gasteiger partial charge in [0.1, 0.15) is 11.5 Å². The van der Waals surface area contributed by atoms with Gasteiger partial charge in [0.25, 0.3) is 11.6 Å². The van der Waals surface area contributed by atoms with Gasteiger partial charge in [-0.15, -0.1) is 12.4 Å². The normalized spacial score (nSPS) is 15.0. The molecule has 1 amide bonds. The standard InChI is InChI=1S/C21H26N4O3.ClH/c1-12-9-16(14(3)27-12)18-10-17(19-13(2)24-28-20(19)23-18)21(26)25-7-5-15(6-8-25)11-22-4;/h9-10,15,22H,5-8,11H2,1-4H3;1H. The number of fused-ring (bicyclic) bond motifs is 1. The number of furan rings is 1. The third kappa shape index (κ3) is 4.02. The summed E-state index contributed by atoms with van der Waals surface area (Å²) in [6.45, 7) is 8.16. The van der Waals surface area contributed by atoms with Crippen LogP contribution in [0.3, 0.4) is 0 Å². The van der Waals surface area contributed by atoms with Gasteiger partial charge >= 0.3 is 0 Å². The van der Waals surface area contributed by atoms with E-state index in [4.69, 9.17) is 8.94 Å². The van der Waals surface area contributed by atoms with E-state index in [-0.39, 0.29) is 18.3 Å². The van der Waals surface area contributed by atoms with Gasteiger partial charge in [0.2, 0.25) is 0 Å². The molecule has 0 atom stereocenters. The first-order chi connectivity index (χ1) is 13.5. The van der Waals surface area contributed by atoms with E-state index in [1.807, 2.05) is 44.9 Å². The molecule has 8 heteroatoms. The molecule has 4 rings (SSSR count). The summed E-state index contributed by atoms with van der Waals surface area (Å²) >= 11 is 0. The van der Waals surface area contributed by atoms with E-state index in [0.717, 1.165) is 49.6 Å². The van der Waals surface area contributed by atoms with Gasteiger partial charge < -0.3 is 19.2 Å². The maximum Gasteiger partial charge on any atom is 0.259 e. The molecule has 29 heavy (non-hydrogen) atoms. The molecule has 7 nitrogen and oxygen atoms in total. The van der Waals surface area contributed by atoms with Crippen LogP contribution in [0.1, 0.15) is 40.4 Å². The van der Waals surface area contributed by atoms with Crippen molar-refractivity contribution in [1.82, 2.24) is 20.4 Å². The van der Waals surface area contributed by atoms with Gasteiger partial charge in [0.15, 0.2) is 0 Å². The minimum atomic E-state index is 0. The fraction of sp³-hybridized carbons (Fsp3) is 0.476. The van der Waals surface area contributed by atoms with Crippen molar-refractivity contribution in [2.24, 2.45) is 5.92 Å². The second kappa shape index (κ2) is 8.55. The molecule has 0 unspecified atom stereocenters. The number of hydrogen-bond acceptors (Lipinski definition) is 6. The molecule has 0 bridgehead atoms. The first-order valence-corrected chi connectivity index (χ1v) is 9.76. The Morgan fingerprint density at radius 3 is 2.59 bits per heavy atom. The molecule has 1 fully saturated rings. The number of aryl methyl sites for hydroxylation is 3. The average molecular weight is 419 g/mol. The molecular formula is C21H27ClN4O3. The molecule has 3 aromatic rings. The van der Waals surface area contributed by atoms with Crippen LogP contribution in [0.2, 0.25) is 0 Å². The smallest absolute Gasteiger partial charge is 0.259 e. The van der Waals surface area contributed by atoms with Crippen molar-refractivity contribution in [3.05, 3.63) is 34.9 Å². The third-order valence-electron chi connectivity index (χ3n) is 5.56. The Hall–Kier alpha value is -2.38. The number of halogens is 1. The van der Waals surface area contributed by atoms with Crippen LogP contribution in [0.15, 0.2) is 21.1 Å². The number of likely N-dealkylation sites (tertiary alicyclic amines) is 1. The third-order valence-corrected chi connectivity index (χ3v) is 5.56. The van der Waals surface area contributed by atoms with Crippen LogP contribution in [0.4, 0.5) is 0 Å². The Morgan fingerprint density at radius 1 is 1.24 bits per heavy atom. The number of carbonyl (C=O) groups is 1. The van der Waals surface area contributed by atoms with Gasteiger partial charge in [-0.2, -0.15) is 0 Å². The molecule has 0 radical (unpaired) electrons. The largest absolute Gasteiger partial charge is 0.466 e. The second-order valence-electron chi connectivity index (χ2n) is 7.62. The van der Waals surface area contributed by atoms with Gasteiger partial charge in [0, 0.05) is 18.7 Å². The van der Waals surface area contributed by atoms with E-state index in [0.29, 0.717) is 34.0 Å². The van der Waals surface area contributed by atoms with Crippen LogP contribution in [0, 0.1) is 26.7 Å². The van der Waals surface area contributed by atoms with Crippen LogP contribution in [0.5, 0.6) is 0 Å². The molecule has 1 aliphatic heterocycles. The lowest BCUT2D eigenvalue weighted by Gasteiger charge is -2.32. The van der Waals surface area contributed by atoms with Crippen molar-refractivity contribution in [3.8, 4) is 11.3 Å². The number of nitrogens with zero attached hydrogens (tertiary/aromatic N) is 3. The summed E-state index contributed by atoms with van der Waals surface area (Å²) in [6, 6.07) is 3.79. The van der Waals surface area contributed by atoms with Crippen molar-refractivity contribution in [2.75, 3.05) is 26.7 Å². The average Bonchev–Trinajstić information content (AvgIpc) is 3.23. The van der Waals surface area contributed by atoms with Crippen molar-refractivity contribution in [2.45, 2.75) is 33.6 Å². The number of rotatable bonds is 4. The minimum Gasteiger partial charge on any atom is -0.466 e.